The van der Waals surface area contributed by atoms with Crippen molar-refractivity contribution < 1.29 is 14.3 Å². The van der Waals surface area contributed by atoms with Crippen molar-refractivity contribution in [3.8, 4) is 11.5 Å². The lowest BCUT2D eigenvalue weighted by Gasteiger charge is -2.21. The topological polar surface area (TPSA) is 50.8 Å². The Morgan fingerprint density at radius 2 is 2.00 bits per heavy atom. The van der Waals surface area contributed by atoms with E-state index in [1.54, 1.807) is 12.0 Å². The van der Waals surface area contributed by atoms with Gasteiger partial charge >= 0.3 is 0 Å². The fourth-order valence-electron chi connectivity index (χ4n) is 2.09. The van der Waals surface area contributed by atoms with Gasteiger partial charge in [-0.15, -0.1) is 0 Å². The number of amides is 1. The molecule has 118 valence electrons. The molecule has 5 nitrogen and oxygen atoms in total. The lowest BCUT2D eigenvalue weighted by Crippen LogP contribution is -2.34. The van der Waals surface area contributed by atoms with Gasteiger partial charge in [0.15, 0.2) is 6.61 Å². The minimum Gasteiger partial charge on any atom is -0.497 e. The third kappa shape index (κ3) is 4.63. The molecular formula is C16H26N2O3. The number of ether oxygens (including phenoxy) is 2. The molecule has 21 heavy (non-hydrogen) atoms. The second kappa shape index (κ2) is 8.52. The van der Waals surface area contributed by atoms with E-state index in [0.29, 0.717) is 24.6 Å². The van der Waals surface area contributed by atoms with E-state index in [1.807, 2.05) is 46.0 Å². The summed E-state index contributed by atoms with van der Waals surface area (Å²) >= 11 is 0. The highest BCUT2D eigenvalue weighted by atomic mass is 16.5. The van der Waals surface area contributed by atoms with Crippen LogP contribution in [0, 0.1) is 0 Å². The minimum atomic E-state index is -0.00844. The van der Waals surface area contributed by atoms with Gasteiger partial charge in [0.25, 0.3) is 5.91 Å². The van der Waals surface area contributed by atoms with Gasteiger partial charge in [-0.3, -0.25) is 4.79 Å². The molecule has 1 aromatic carbocycles. The SMILES string of the molecule is CCN(CC)C(=O)COc1cc(OC)ccc1C(C)NC. The van der Waals surface area contributed by atoms with Crippen molar-refractivity contribution >= 4 is 5.91 Å². The summed E-state index contributed by atoms with van der Waals surface area (Å²) in [6.07, 6.45) is 0. The predicted molar refractivity (Wildman–Crippen MR) is 83.9 cm³/mol. The van der Waals surface area contributed by atoms with Gasteiger partial charge in [0.05, 0.1) is 7.11 Å². The summed E-state index contributed by atoms with van der Waals surface area (Å²) < 4.78 is 11.0. The first-order chi connectivity index (χ1) is 10.1. The summed E-state index contributed by atoms with van der Waals surface area (Å²) in [5.41, 5.74) is 1.01. The van der Waals surface area contributed by atoms with Crippen molar-refractivity contribution in [3.63, 3.8) is 0 Å². The number of nitrogens with zero attached hydrogens (tertiary/aromatic N) is 1. The second-order valence-electron chi connectivity index (χ2n) is 4.77. The van der Waals surface area contributed by atoms with Gasteiger partial charge in [-0.25, -0.2) is 0 Å². The molecule has 0 saturated heterocycles. The molecule has 1 rings (SSSR count). The lowest BCUT2D eigenvalue weighted by molar-refractivity contribution is -0.132. The van der Waals surface area contributed by atoms with E-state index in [2.05, 4.69) is 5.32 Å². The van der Waals surface area contributed by atoms with Gasteiger partial charge in [-0.1, -0.05) is 6.07 Å². The van der Waals surface area contributed by atoms with E-state index in [4.69, 9.17) is 9.47 Å². The molecule has 0 heterocycles. The van der Waals surface area contributed by atoms with Crippen LogP contribution in [0.2, 0.25) is 0 Å². The maximum Gasteiger partial charge on any atom is 0.260 e. The van der Waals surface area contributed by atoms with Crippen molar-refractivity contribution in [1.82, 2.24) is 10.2 Å². The highest BCUT2D eigenvalue weighted by Crippen LogP contribution is 2.29. The number of rotatable bonds is 8. The Kier molecular flexibility index (Phi) is 7.02. The number of benzene rings is 1. The molecule has 1 N–H and O–H groups in total. The Morgan fingerprint density at radius 1 is 1.33 bits per heavy atom. The zero-order valence-corrected chi connectivity index (χ0v) is 13.6. The van der Waals surface area contributed by atoms with Gasteiger partial charge < -0.3 is 19.7 Å². The fourth-order valence-corrected chi connectivity index (χ4v) is 2.09. The summed E-state index contributed by atoms with van der Waals surface area (Å²) in [5, 5.41) is 3.18. The molecule has 0 radical (unpaired) electrons. The molecular weight excluding hydrogens is 268 g/mol. The number of carbonyl (C=O) groups is 1. The van der Waals surface area contributed by atoms with Crippen LogP contribution in [0.3, 0.4) is 0 Å². The van der Waals surface area contributed by atoms with Crippen LogP contribution in [0.1, 0.15) is 32.4 Å². The Hall–Kier alpha value is -1.75. The van der Waals surface area contributed by atoms with Gasteiger partial charge in [-0.05, 0) is 33.9 Å². The molecule has 0 aliphatic rings. The first-order valence-electron chi connectivity index (χ1n) is 7.33. The normalized spacial score (nSPS) is 11.9. The zero-order valence-electron chi connectivity index (χ0n) is 13.6. The maximum absolute atomic E-state index is 12.0. The van der Waals surface area contributed by atoms with Crippen molar-refractivity contribution in [2.24, 2.45) is 0 Å². The van der Waals surface area contributed by atoms with Crippen LogP contribution in [-0.4, -0.2) is 44.7 Å². The first-order valence-corrected chi connectivity index (χ1v) is 7.33. The largest absolute Gasteiger partial charge is 0.497 e. The summed E-state index contributed by atoms with van der Waals surface area (Å²) in [6, 6.07) is 5.80. The summed E-state index contributed by atoms with van der Waals surface area (Å²) in [5.74, 6) is 1.38. The number of methoxy groups -OCH3 is 1. The van der Waals surface area contributed by atoms with Crippen LogP contribution in [0.25, 0.3) is 0 Å². The zero-order chi connectivity index (χ0) is 15.8. The molecule has 0 aromatic heterocycles. The van der Waals surface area contributed by atoms with Gasteiger partial charge in [-0.2, -0.15) is 0 Å². The quantitative estimate of drug-likeness (QED) is 0.799. The Balaban J connectivity index is 2.87. The summed E-state index contributed by atoms with van der Waals surface area (Å²) in [4.78, 5) is 13.8. The van der Waals surface area contributed by atoms with Crippen molar-refractivity contribution in [2.75, 3.05) is 33.9 Å². The van der Waals surface area contributed by atoms with Crippen molar-refractivity contribution in [3.05, 3.63) is 23.8 Å². The monoisotopic (exact) mass is 294 g/mol. The van der Waals surface area contributed by atoms with Gasteiger partial charge in [0.2, 0.25) is 0 Å². The fraction of sp³-hybridized carbons (Fsp3) is 0.562. The molecule has 0 spiro atoms. The van der Waals surface area contributed by atoms with Crippen LogP contribution in [0.15, 0.2) is 18.2 Å². The molecule has 0 aliphatic carbocycles. The highest BCUT2D eigenvalue weighted by Gasteiger charge is 2.15. The van der Waals surface area contributed by atoms with E-state index in [-0.39, 0.29) is 18.6 Å². The van der Waals surface area contributed by atoms with Crippen molar-refractivity contribution in [1.29, 1.82) is 0 Å². The Morgan fingerprint density at radius 3 is 2.52 bits per heavy atom. The molecule has 0 bridgehead atoms. The van der Waals surface area contributed by atoms with Crippen LogP contribution in [0.4, 0.5) is 0 Å². The number of likely N-dealkylation sites (N-methyl/N-ethyl adjacent to an activating group) is 1. The second-order valence-corrected chi connectivity index (χ2v) is 4.77. The smallest absolute Gasteiger partial charge is 0.260 e. The average molecular weight is 294 g/mol. The number of carbonyl (C=O) groups excluding carboxylic acids is 1. The minimum absolute atomic E-state index is 0.00844. The third-order valence-corrected chi connectivity index (χ3v) is 3.59. The molecule has 0 saturated carbocycles. The molecule has 1 unspecified atom stereocenters. The Bertz CT molecular complexity index is 459. The maximum atomic E-state index is 12.0. The number of nitrogens with one attached hydrogen (secondary N) is 1. The predicted octanol–water partition coefficient (Wildman–Crippen LogP) is 2.22. The summed E-state index contributed by atoms with van der Waals surface area (Å²) in [6.45, 7) is 7.38. The van der Waals surface area contributed by atoms with E-state index in [1.165, 1.54) is 0 Å². The highest BCUT2D eigenvalue weighted by molar-refractivity contribution is 5.77. The van der Waals surface area contributed by atoms with E-state index in [9.17, 15) is 4.79 Å². The number of hydrogen-bond donors (Lipinski definition) is 1. The van der Waals surface area contributed by atoms with Gasteiger partial charge in [0.1, 0.15) is 11.5 Å². The van der Waals surface area contributed by atoms with Crippen LogP contribution in [-0.2, 0) is 4.79 Å². The molecule has 1 aromatic rings. The van der Waals surface area contributed by atoms with Crippen molar-refractivity contribution in [2.45, 2.75) is 26.8 Å². The molecule has 0 aliphatic heterocycles. The van der Waals surface area contributed by atoms with Crippen LogP contribution in [0.5, 0.6) is 11.5 Å². The van der Waals surface area contributed by atoms with Gasteiger partial charge in [0, 0.05) is 30.8 Å². The Labute approximate surface area is 127 Å². The lowest BCUT2D eigenvalue weighted by atomic mass is 10.1. The average Bonchev–Trinajstić information content (AvgIpc) is 2.52. The van der Waals surface area contributed by atoms with E-state index in [0.717, 1.165) is 5.56 Å². The molecule has 5 heteroatoms. The molecule has 1 amide bonds. The first kappa shape index (κ1) is 17.3. The number of hydrogen-bond acceptors (Lipinski definition) is 4. The third-order valence-electron chi connectivity index (χ3n) is 3.59. The standard InChI is InChI=1S/C16H26N2O3/c1-6-18(7-2)16(19)11-21-15-10-13(20-5)8-9-14(15)12(3)17-4/h8-10,12,17H,6-7,11H2,1-5H3. The molecule has 0 fully saturated rings. The van der Waals surface area contributed by atoms with E-state index >= 15 is 0 Å². The molecule has 1 atom stereocenters. The van der Waals surface area contributed by atoms with Crippen LogP contribution < -0.4 is 14.8 Å². The van der Waals surface area contributed by atoms with Crippen LogP contribution >= 0.6 is 0 Å². The summed E-state index contributed by atoms with van der Waals surface area (Å²) in [7, 11) is 3.50. The van der Waals surface area contributed by atoms with E-state index < -0.39 is 0 Å².